The lowest BCUT2D eigenvalue weighted by Gasteiger charge is -2.27. The zero-order valence-electron chi connectivity index (χ0n) is 11.0. The molecule has 0 radical (unpaired) electrons. The van der Waals surface area contributed by atoms with Crippen molar-refractivity contribution in [2.75, 3.05) is 0 Å². The Morgan fingerprint density at radius 2 is 2.22 bits per heavy atom. The largest absolute Gasteiger partial charge is 0.474 e. The summed E-state index contributed by atoms with van der Waals surface area (Å²) in [5.74, 6) is 1.32. The van der Waals surface area contributed by atoms with Crippen molar-refractivity contribution >= 4 is 17.2 Å². The number of thiocarbonyl (C=S) groups is 1. The van der Waals surface area contributed by atoms with Gasteiger partial charge in [0.2, 0.25) is 5.88 Å². The van der Waals surface area contributed by atoms with E-state index in [0.717, 1.165) is 30.0 Å². The number of hydrogen-bond acceptors (Lipinski definition) is 3. The number of rotatable bonds is 3. The molecule has 2 rings (SSSR count). The Kier molecular flexibility index (Phi) is 4.17. The van der Waals surface area contributed by atoms with Crippen LogP contribution in [0.1, 0.15) is 43.9 Å². The first-order valence-corrected chi connectivity index (χ1v) is 6.91. The number of ether oxygens (including phenoxy) is 1. The first-order valence-electron chi connectivity index (χ1n) is 6.50. The maximum Gasteiger partial charge on any atom is 0.224 e. The molecule has 1 heterocycles. The molecule has 1 aliphatic rings. The minimum atomic E-state index is 0.246. The molecule has 18 heavy (non-hydrogen) atoms. The SMILES string of the molecule is Cc1ccc(C(N)=S)c(OC2CCCC(C)C2)n1. The summed E-state index contributed by atoms with van der Waals surface area (Å²) in [5.41, 5.74) is 7.38. The third-order valence-electron chi connectivity index (χ3n) is 3.43. The summed E-state index contributed by atoms with van der Waals surface area (Å²) in [5, 5.41) is 0. The molecular formula is C14H20N2OS. The van der Waals surface area contributed by atoms with Gasteiger partial charge in [0.05, 0.1) is 5.56 Å². The van der Waals surface area contributed by atoms with Crippen LogP contribution in [0.3, 0.4) is 0 Å². The van der Waals surface area contributed by atoms with Gasteiger partial charge in [-0.3, -0.25) is 0 Å². The molecule has 0 aromatic carbocycles. The van der Waals surface area contributed by atoms with E-state index in [-0.39, 0.29) is 6.10 Å². The lowest BCUT2D eigenvalue weighted by atomic mass is 9.89. The smallest absolute Gasteiger partial charge is 0.224 e. The van der Waals surface area contributed by atoms with Crippen molar-refractivity contribution in [1.29, 1.82) is 0 Å². The molecular weight excluding hydrogens is 244 g/mol. The van der Waals surface area contributed by atoms with Crippen molar-refractivity contribution < 1.29 is 4.74 Å². The summed E-state index contributed by atoms with van der Waals surface area (Å²) in [6.45, 7) is 4.22. The van der Waals surface area contributed by atoms with Crippen molar-refractivity contribution in [3.8, 4) is 5.88 Å². The van der Waals surface area contributed by atoms with Gasteiger partial charge in [-0.25, -0.2) is 4.98 Å². The zero-order chi connectivity index (χ0) is 13.1. The van der Waals surface area contributed by atoms with E-state index in [9.17, 15) is 0 Å². The van der Waals surface area contributed by atoms with E-state index < -0.39 is 0 Å². The first-order chi connectivity index (χ1) is 8.56. The number of nitrogens with zero attached hydrogens (tertiary/aromatic N) is 1. The standard InChI is InChI=1S/C14H20N2OS/c1-9-4-3-5-11(8-9)17-14-12(13(15)18)7-6-10(2)16-14/h6-7,9,11H,3-5,8H2,1-2H3,(H2,15,18). The number of aromatic nitrogens is 1. The summed E-state index contributed by atoms with van der Waals surface area (Å²) < 4.78 is 6.02. The molecule has 0 amide bonds. The summed E-state index contributed by atoms with van der Waals surface area (Å²) in [7, 11) is 0. The number of aryl methyl sites for hydroxylation is 1. The van der Waals surface area contributed by atoms with Crippen molar-refractivity contribution in [2.24, 2.45) is 11.7 Å². The molecule has 0 spiro atoms. The highest BCUT2D eigenvalue weighted by Crippen LogP contribution is 2.28. The predicted molar refractivity (Wildman–Crippen MR) is 76.9 cm³/mol. The quantitative estimate of drug-likeness (QED) is 0.853. The van der Waals surface area contributed by atoms with Gasteiger partial charge in [0, 0.05) is 5.69 Å². The Bertz CT molecular complexity index is 447. The molecule has 98 valence electrons. The van der Waals surface area contributed by atoms with E-state index in [0.29, 0.717) is 10.9 Å². The summed E-state index contributed by atoms with van der Waals surface area (Å²) in [4.78, 5) is 4.77. The molecule has 1 aromatic heterocycles. The van der Waals surface area contributed by atoms with Crippen LogP contribution in [0.4, 0.5) is 0 Å². The molecule has 2 N–H and O–H groups in total. The molecule has 1 saturated carbocycles. The normalized spacial score (nSPS) is 23.7. The zero-order valence-corrected chi connectivity index (χ0v) is 11.8. The van der Waals surface area contributed by atoms with E-state index >= 15 is 0 Å². The average Bonchev–Trinajstić information content (AvgIpc) is 2.28. The average molecular weight is 264 g/mol. The lowest BCUT2D eigenvalue weighted by molar-refractivity contribution is 0.123. The van der Waals surface area contributed by atoms with Gasteiger partial charge in [-0.1, -0.05) is 25.6 Å². The van der Waals surface area contributed by atoms with E-state index in [2.05, 4.69) is 11.9 Å². The second-order valence-corrected chi connectivity index (χ2v) is 5.62. The Hall–Kier alpha value is -1.16. The number of hydrogen-bond donors (Lipinski definition) is 1. The van der Waals surface area contributed by atoms with Gasteiger partial charge in [0.25, 0.3) is 0 Å². The van der Waals surface area contributed by atoms with Crippen LogP contribution in [0.15, 0.2) is 12.1 Å². The summed E-state index contributed by atoms with van der Waals surface area (Å²) in [6.07, 6.45) is 4.95. The Morgan fingerprint density at radius 3 is 2.89 bits per heavy atom. The van der Waals surface area contributed by atoms with Crippen molar-refractivity contribution in [3.63, 3.8) is 0 Å². The minimum absolute atomic E-state index is 0.246. The second-order valence-electron chi connectivity index (χ2n) is 5.18. The van der Waals surface area contributed by atoms with Gasteiger partial charge in [0.1, 0.15) is 11.1 Å². The third-order valence-corrected chi connectivity index (χ3v) is 3.65. The number of pyridine rings is 1. The van der Waals surface area contributed by atoms with Crippen LogP contribution in [0, 0.1) is 12.8 Å². The Balaban J connectivity index is 2.16. The third kappa shape index (κ3) is 3.19. The molecule has 4 heteroatoms. The highest BCUT2D eigenvalue weighted by molar-refractivity contribution is 7.80. The lowest BCUT2D eigenvalue weighted by Crippen LogP contribution is -2.26. The maximum atomic E-state index is 6.02. The van der Waals surface area contributed by atoms with Crippen LogP contribution < -0.4 is 10.5 Å². The van der Waals surface area contributed by atoms with Gasteiger partial charge in [-0.15, -0.1) is 0 Å². The van der Waals surface area contributed by atoms with Gasteiger partial charge >= 0.3 is 0 Å². The molecule has 2 atom stereocenters. The fourth-order valence-electron chi connectivity index (χ4n) is 2.45. The topological polar surface area (TPSA) is 48.1 Å². The number of nitrogens with two attached hydrogens (primary N) is 1. The van der Waals surface area contributed by atoms with E-state index in [4.69, 9.17) is 22.7 Å². The highest BCUT2D eigenvalue weighted by Gasteiger charge is 2.22. The molecule has 1 aliphatic carbocycles. The van der Waals surface area contributed by atoms with Crippen LogP contribution in [-0.2, 0) is 0 Å². The van der Waals surface area contributed by atoms with E-state index in [1.54, 1.807) is 0 Å². The molecule has 1 fully saturated rings. The van der Waals surface area contributed by atoms with Crippen molar-refractivity contribution in [2.45, 2.75) is 45.6 Å². The van der Waals surface area contributed by atoms with Crippen LogP contribution in [0.25, 0.3) is 0 Å². The molecule has 0 aliphatic heterocycles. The van der Waals surface area contributed by atoms with Crippen LogP contribution in [-0.4, -0.2) is 16.1 Å². The minimum Gasteiger partial charge on any atom is -0.474 e. The highest BCUT2D eigenvalue weighted by atomic mass is 32.1. The fraction of sp³-hybridized carbons (Fsp3) is 0.571. The van der Waals surface area contributed by atoms with Gasteiger partial charge in [-0.05, 0) is 44.2 Å². The van der Waals surface area contributed by atoms with Crippen LogP contribution >= 0.6 is 12.2 Å². The maximum absolute atomic E-state index is 6.02. The molecule has 1 aromatic rings. The molecule has 0 bridgehead atoms. The van der Waals surface area contributed by atoms with Crippen LogP contribution in [0.5, 0.6) is 5.88 Å². The van der Waals surface area contributed by atoms with Crippen molar-refractivity contribution in [1.82, 2.24) is 4.98 Å². The Morgan fingerprint density at radius 1 is 1.44 bits per heavy atom. The van der Waals surface area contributed by atoms with Crippen LogP contribution in [0.2, 0.25) is 0 Å². The van der Waals surface area contributed by atoms with Gasteiger partial charge < -0.3 is 10.5 Å². The summed E-state index contributed by atoms with van der Waals surface area (Å²) in [6, 6.07) is 3.80. The predicted octanol–water partition coefficient (Wildman–Crippen LogP) is 2.98. The molecule has 0 saturated heterocycles. The Labute approximate surface area is 114 Å². The van der Waals surface area contributed by atoms with E-state index in [1.807, 2.05) is 19.1 Å². The fourth-order valence-corrected chi connectivity index (χ4v) is 2.61. The van der Waals surface area contributed by atoms with Gasteiger partial charge in [-0.2, -0.15) is 0 Å². The monoisotopic (exact) mass is 264 g/mol. The van der Waals surface area contributed by atoms with Crippen molar-refractivity contribution in [3.05, 3.63) is 23.4 Å². The molecule has 2 unspecified atom stereocenters. The van der Waals surface area contributed by atoms with Gasteiger partial charge in [0.15, 0.2) is 0 Å². The molecule has 3 nitrogen and oxygen atoms in total. The summed E-state index contributed by atoms with van der Waals surface area (Å²) >= 11 is 5.04. The first kappa shape index (κ1) is 13.3. The van der Waals surface area contributed by atoms with E-state index in [1.165, 1.54) is 12.8 Å². The second kappa shape index (κ2) is 5.65.